The summed E-state index contributed by atoms with van der Waals surface area (Å²) in [6.45, 7) is 17.4. The Morgan fingerprint density at radius 3 is 2.49 bits per heavy atom. The van der Waals surface area contributed by atoms with Gasteiger partial charge in [-0.25, -0.2) is 0 Å². The molecule has 8 rings (SSSR count). The molecule has 0 amide bonds. The lowest BCUT2D eigenvalue weighted by Gasteiger charge is -2.29. The average molecular weight is 761 g/mol. The summed E-state index contributed by atoms with van der Waals surface area (Å²) in [5.41, 5.74) is 19.4. The number of allylic oxidation sites excluding steroid dienone is 10. The van der Waals surface area contributed by atoms with Gasteiger partial charge in [-0.1, -0.05) is 147 Å². The van der Waals surface area contributed by atoms with Gasteiger partial charge in [0, 0.05) is 46.1 Å². The molecule has 0 bridgehead atoms. The lowest BCUT2D eigenvalue weighted by Crippen LogP contribution is -2.26. The summed E-state index contributed by atoms with van der Waals surface area (Å²) in [6, 6.07) is 39.7. The van der Waals surface area contributed by atoms with Crippen molar-refractivity contribution in [3.63, 3.8) is 0 Å². The molecule has 59 heavy (non-hydrogen) atoms. The second-order valence-corrected chi connectivity index (χ2v) is 15.0. The Kier molecular flexibility index (Phi) is 11.1. The smallest absolute Gasteiger partial charge is 0.105 e. The predicted octanol–water partition coefficient (Wildman–Crippen LogP) is 12.7. The number of hydrogen-bond donors (Lipinski definition) is 0. The van der Waals surface area contributed by atoms with Gasteiger partial charge in [-0.05, 0) is 131 Å². The van der Waals surface area contributed by atoms with E-state index < -0.39 is 0 Å². The molecule has 286 valence electrons. The van der Waals surface area contributed by atoms with E-state index in [9.17, 15) is 0 Å². The standard InChI is InChI=1S/C57H48N2/c1-7-9-27-46(8-2)58(48-35-37-55-52(39-48)50-31-18-13-19-33-54(50)59(55)47-28-16-10-11-17-29-47)53-36-34-45(38-42(53)5)43(6)56-41(4)24-22-32-51(56)57(44-25-14-12-15-26-44)49-30-21-20-23-40(49)3/h7-10,12,14-18,20-32,34-39,43H,1,3,13H2,2,4-6H3/b27-9-,46-8+,57-49-. The molecular formula is C57H48N2. The minimum Gasteiger partial charge on any atom is -0.311 e. The van der Waals surface area contributed by atoms with Crippen LogP contribution in [0, 0.1) is 25.7 Å². The molecule has 0 fully saturated rings. The fourth-order valence-electron chi connectivity index (χ4n) is 8.53. The van der Waals surface area contributed by atoms with Gasteiger partial charge in [-0.2, -0.15) is 0 Å². The Morgan fingerprint density at radius 1 is 0.864 bits per heavy atom. The van der Waals surface area contributed by atoms with Crippen LogP contribution in [-0.2, 0) is 0 Å². The normalized spacial score (nSPS) is 14.3. The first kappa shape index (κ1) is 38.6. The van der Waals surface area contributed by atoms with Crippen molar-refractivity contribution in [3.8, 4) is 11.8 Å². The van der Waals surface area contributed by atoms with Crippen LogP contribution in [0.4, 0.5) is 11.4 Å². The molecular weight excluding hydrogens is 713 g/mol. The van der Waals surface area contributed by atoms with Crippen molar-refractivity contribution < 1.29 is 0 Å². The molecule has 1 atom stereocenters. The second kappa shape index (κ2) is 17.1. The van der Waals surface area contributed by atoms with Crippen LogP contribution in [0.5, 0.6) is 0 Å². The summed E-state index contributed by atoms with van der Waals surface area (Å²) in [6.07, 6.45) is 23.4. The summed E-state index contributed by atoms with van der Waals surface area (Å²) < 4.78 is 2.28. The molecule has 6 aromatic rings. The summed E-state index contributed by atoms with van der Waals surface area (Å²) in [5, 5.41) is 3.31. The minimum atomic E-state index is 0.113. The highest BCUT2D eigenvalue weighted by atomic mass is 15.1. The van der Waals surface area contributed by atoms with Gasteiger partial charge in [0.15, 0.2) is 0 Å². The lowest BCUT2D eigenvalue weighted by molar-refractivity contribution is 0.902. The van der Waals surface area contributed by atoms with E-state index in [4.69, 9.17) is 0 Å². The van der Waals surface area contributed by atoms with Gasteiger partial charge in [-0.3, -0.25) is 0 Å². The molecule has 0 aliphatic heterocycles. The molecule has 0 saturated heterocycles. The maximum absolute atomic E-state index is 4.46. The molecule has 0 saturated carbocycles. The third-order valence-electron chi connectivity index (χ3n) is 11.3. The maximum atomic E-state index is 4.46. The largest absolute Gasteiger partial charge is 0.311 e. The van der Waals surface area contributed by atoms with Crippen molar-refractivity contribution in [1.29, 1.82) is 0 Å². The monoisotopic (exact) mass is 760 g/mol. The SMILES string of the molecule is C=C/C=C\C(=C/C)N(c1ccc2c(c1)c1c(n2C2=CC=C=CC=C2)C#CCC=C1)c1ccc(C(C)c2c(C)cccc2/C(c2ccccc2)=c2/ccccc2=C)cc1C. The van der Waals surface area contributed by atoms with Gasteiger partial charge in [0.1, 0.15) is 5.69 Å². The highest BCUT2D eigenvalue weighted by Crippen LogP contribution is 2.41. The number of anilines is 2. The van der Waals surface area contributed by atoms with Crippen molar-refractivity contribution in [2.45, 2.75) is 40.0 Å². The van der Waals surface area contributed by atoms with Crippen molar-refractivity contribution >= 4 is 46.2 Å². The highest BCUT2D eigenvalue weighted by molar-refractivity contribution is 5.99. The Morgan fingerprint density at radius 2 is 1.69 bits per heavy atom. The molecule has 5 aromatic carbocycles. The van der Waals surface area contributed by atoms with Gasteiger partial charge >= 0.3 is 0 Å². The van der Waals surface area contributed by atoms with E-state index in [0.29, 0.717) is 0 Å². The first-order valence-electron chi connectivity index (χ1n) is 20.3. The van der Waals surface area contributed by atoms with Crippen molar-refractivity contribution in [2.75, 3.05) is 4.90 Å². The summed E-state index contributed by atoms with van der Waals surface area (Å²) >= 11 is 0. The molecule has 0 spiro atoms. The quantitative estimate of drug-likeness (QED) is 0.0767. The van der Waals surface area contributed by atoms with Gasteiger partial charge in [0.05, 0.1) is 5.52 Å². The third kappa shape index (κ3) is 7.49. The first-order valence-corrected chi connectivity index (χ1v) is 20.3. The highest BCUT2D eigenvalue weighted by Gasteiger charge is 2.24. The van der Waals surface area contributed by atoms with Gasteiger partial charge in [0.2, 0.25) is 0 Å². The van der Waals surface area contributed by atoms with E-state index in [1.54, 1.807) is 0 Å². The first-order chi connectivity index (χ1) is 28.9. The number of hydrogen-bond acceptors (Lipinski definition) is 1. The van der Waals surface area contributed by atoms with E-state index in [1.807, 2.05) is 30.4 Å². The van der Waals surface area contributed by atoms with Crippen LogP contribution in [0.15, 0.2) is 188 Å². The van der Waals surface area contributed by atoms with Gasteiger partial charge in [-0.15, -0.1) is 5.73 Å². The van der Waals surface area contributed by atoms with E-state index >= 15 is 0 Å². The summed E-state index contributed by atoms with van der Waals surface area (Å²) in [7, 11) is 0. The van der Waals surface area contributed by atoms with E-state index in [-0.39, 0.29) is 5.92 Å². The van der Waals surface area contributed by atoms with E-state index in [2.05, 4.69) is 214 Å². The number of aryl methyl sites for hydroxylation is 2. The number of aromatic nitrogens is 1. The fraction of sp³-hybridized carbons (Fsp3) is 0.105. The van der Waals surface area contributed by atoms with E-state index in [0.717, 1.165) is 61.8 Å². The number of nitrogens with zero attached hydrogens (tertiary/aromatic N) is 2. The van der Waals surface area contributed by atoms with Crippen LogP contribution in [0.3, 0.4) is 0 Å². The predicted molar refractivity (Wildman–Crippen MR) is 253 cm³/mol. The number of rotatable bonds is 10. The van der Waals surface area contributed by atoms with Crippen molar-refractivity contribution in [2.24, 2.45) is 0 Å². The maximum Gasteiger partial charge on any atom is 0.105 e. The Balaban J connectivity index is 1.27. The molecule has 2 nitrogen and oxygen atoms in total. The van der Waals surface area contributed by atoms with E-state index in [1.165, 1.54) is 39.0 Å². The van der Waals surface area contributed by atoms with Gasteiger partial charge in [0.25, 0.3) is 0 Å². The van der Waals surface area contributed by atoms with Crippen LogP contribution in [0.2, 0.25) is 0 Å². The molecule has 2 aliphatic rings. The minimum absolute atomic E-state index is 0.113. The van der Waals surface area contributed by atoms with Crippen LogP contribution in [0.25, 0.3) is 34.8 Å². The van der Waals surface area contributed by atoms with Gasteiger partial charge < -0.3 is 9.47 Å². The molecule has 0 N–H and O–H groups in total. The number of fused-ring (bicyclic) bond motifs is 3. The average Bonchev–Trinajstić information content (AvgIpc) is 3.49. The van der Waals surface area contributed by atoms with Crippen molar-refractivity contribution in [3.05, 3.63) is 243 Å². The summed E-state index contributed by atoms with van der Waals surface area (Å²) in [5.74, 6) is 6.96. The molecule has 2 aliphatic carbocycles. The zero-order chi connectivity index (χ0) is 40.9. The molecule has 0 radical (unpaired) electrons. The third-order valence-corrected chi connectivity index (χ3v) is 11.3. The topological polar surface area (TPSA) is 8.17 Å². The van der Waals surface area contributed by atoms with Crippen molar-refractivity contribution in [1.82, 2.24) is 4.57 Å². The molecule has 1 unspecified atom stereocenters. The number of benzene rings is 5. The fourth-order valence-corrected chi connectivity index (χ4v) is 8.53. The second-order valence-electron chi connectivity index (χ2n) is 15.0. The van der Waals surface area contributed by atoms with Crippen LogP contribution >= 0.6 is 0 Å². The van der Waals surface area contributed by atoms with Crippen LogP contribution in [0.1, 0.15) is 70.8 Å². The van der Waals surface area contributed by atoms with Crippen LogP contribution < -0.4 is 15.3 Å². The zero-order valence-electron chi connectivity index (χ0n) is 34.3. The Labute approximate surface area is 349 Å². The zero-order valence-corrected chi connectivity index (χ0v) is 34.3. The Hall–Kier alpha value is -7.30. The molecule has 1 aromatic heterocycles. The Bertz CT molecular complexity index is 3030. The van der Waals surface area contributed by atoms with Crippen LogP contribution in [-0.4, -0.2) is 4.57 Å². The lowest BCUT2D eigenvalue weighted by atomic mass is 9.81. The molecule has 2 heteroatoms. The summed E-state index contributed by atoms with van der Waals surface area (Å²) in [4.78, 5) is 2.36. The molecule has 1 heterocycles.